The SMILES string of the molecule is CCOc1ccc(N([C@@H](C)C(=O)N[C@H](C)COC)S(C)(=O)=O)cc1. The molecule has 0 saturated carbocycles. The number of carbonyl (C=O) groups excluding carboxylic acids is 1. The van der Waals surface area contributed by atoms with Crippen LogP contribution in [0, 0.1) is 0 Å². The van der Waals surface area contributed by atoms with Gasteiger partial charge in [-0.05, 0) is 45.0 Å². The normalized spacial score (nSPS) is 13.9. The molecule has 7 nitrogen and oxygen atoms in total. The molecule has 0 spiro atoms. The number of nitrogens with one attached hydrogen (secondary N) is 1. The Morgan fingerprint density at radius 2 is 1.83 bits per heavy atom. The molecule has 8 heteroatoms. The predicted molar refractivity (Wildman–Crippen MR) is 93.9 cm³/mol. The van der Waals surface area contributed by atoms with Crippen LogP contribution in [0.3, 0.4) is 0 Å². The molecule has 0 fully saturated rings. The third kappa shape index (κ3) is 5.68. The number of hydrogen-bond acceptors (Lipinski definition) is 5. The molecule has 1 rings (SSSR count). The number of rotatable bonds is 9. The molecule has 1 aromatic rings. The number of anilines is 1. The molecule has 1 N–H and O–H groups in total. The molecule has 0 aliphatic carbocycles. The van der Waals surface area contributed by atoms with Crippen LogP contribution in [0.15, 0.2) is 24.3 Å². The van der Waals surface area contributed by atoms with Crippen molar-refractivity contribution in [1.82, 2.24) is 5.32 Å². The van der Waals surface area contributed by atoms with Crippen molar-refractivity contribution in [3.05, 3.63) is 24.3 Å². The quantitative estimate of drug-likeness (QED) is 0.721. The van der Waals surface area contributed by atoms with Crippen LogP contribution in [-0.2, 0) is 19.6 Å². The van der Waals surface area contributed by atoms with E-state index in [0.29, 0.717) is 24.7 Å². The summed E-state index contributed by atoms with van der Waals surface area (Å²) in [6.07, 6.45) is 1.08. The van der Waals surface area contributed by atoms with E-state index in [0.717, 1.165) is 10.6 Å². The highest BCUT2D eigenvalue weighted by molar-refractivity contribution is 7.92. The molecular weight excluding hydrogens is 332 g/mol. The van der Waals surface area contributed by atoms with Crippen molar-refractivity contribution in [2.75, 3.05) is 30.9 Å². The second-order valence-electron chi connectivity index (χ2n) is 5.53. The van der Waals surface area contributed by atoms with Gasteiger partial charge in [0.25, 0.3) is 0 Å². The lowest BCUT2D eigenvalue weighted by Crippen LogP contribution is -2.50. The third-order valence-corrected chi connectivity index (χ3v) is 4.54. The number of carbonyl (C=O) groups is 1. The van der Waals surface area contributed by atoms with E-state index in [1.54, 1.807) is 38.1 Å². The third-order valence-electron chi connectivity index (χ3n) is 3.30. The highest BCUT2D eigenvalue weighted by Gasteiger charge is 2.29. The minimum absolute atomic E-state index is 0.216. The number of nitrogens with zero attached hydrogens (tertiary/aromatic N) is 1. The van der Waals surface area contributed by atoms with Crippen molar-refractivity contribution < 1.29 is 22.7 Å². The van der Waals surface area contributed by atoms with Crippen LogP contribution < -0.4 is 14.4 Å². The van der Waals surface area contributed by atoms with Gasteiger partial charge in [-0.2, -0.15) is 0 Å². The first-order valence-corrected chi connectivity index (χ1v) is 9.57. The fraction of sp³-hybridized carbons (Fsp3) is 0.562. The van der Waals surface area contributed by atoms with Crippen LogP contribution in [0.2, 0.25) is 0 Å². The van der Waals surface area contributed by atoms with Crippen LogP contribution in [0.5, 0.6) is 5.75 Å². The molecule has 0 aliphatic heterocycles. The van der Waals surface area contributed by atoms with Crippen LogP contribution >= 0.6 is 0 Å². The van der Waals surface area contributed by atoms with Crippen molar-refractivity contribution in [2.45, 2.75) is 32.9 Å². The Morgan fingerprint density at radius 1 is 1.25 bits per heavy atom. The smallest absolute Gasteiger partial charge is 0.243 e. The van der Waals surface area contributed by atoms with Gasteiger partial charge >= 0.3 is 0 Å². The van der Waals surface area contributed by atoms with E-state index in [-0.39, 0.29) is 11.9 Å². The Balaban J connectivity index is 3.02. The summed E-state index contributed by atoms with van der Waals surface area (Å²) >= 11 is 0. The molecule has 0 radical (unpaired) electrons. The Hall–Kier alpha value is -1.80. The van der Waals surface area contributed by atoms with E-state index in [1.165, 1.54) is 7.11 Å². The molecule has 136 valence electrons. The molecule has 0 saturated heterocycles. The first kappa shape index (κ1) is 20.2. The van der Waals surface area contributed by atoms with E-state index >= 15 is 0 Å². The molecule has 0 unspecified atom stereocenters. The topological polar surface area (TPSA) is 84.9 Å². The van der Waals surface area contributed by atoms with Gasteiger partial charge in [-0.3, -0.25) is 9.10 Å². The highest BCUT2D eigenvalue weighted by atomic mass is 32.2. The zero-order valence-corrected chi connectivity index (χ0v) is 15.6. The molecule has 2 atom stereocenters. The summed E-state index contributed by atoms with van der Waals surface area (Å²) in [6.45, 7) is 6.07. The fourth-order valence-electron chi connectivity index (χ4n) is 2.32. The molecular formula is C16H26N2O5S. The number of sulfonamides is 1. The average Bonchev–Trinajstić information content (AvgIpc) is 2.48. The first-order chi connectivity index (χ1) is 11.2. The number of methoxy groups -OCH3 is 1. The van der Waals surface area contributed by atoms with E-state index in [1.807, 2.05) is 6.92 Å². The van der Waals surface area contributed by atoms with Gasteiger partial charge in [-0.15, -0.1) is 0 Å². The Kier molecular flexibility index (Phi) is 7.50. The Bertz CT molecular complexity index is 630. The predicted octanol–water partition coefficient (Wildman–Crippen LogP) is 1.39. The zero-order chi connectivity index (χ0) is 18.3. The van der Waals surface area contributed by atoms with E-state index in [9.17, 15) is 13.2 Å². The van der Waals surface area contributed by atoms with Gasteiger partial charge in [0, 0.05) is 13.2 Å². The number of benzene rings is 1. The Labute approximate surface area is 144 Å². The average molecular weight is 358 g/mol. The van der Waals surface area contributed by atoms with Gasteiger partial charge < -0.3 is 14.8 Å². The molecule has 0 heterocycles. The lowest BCUT2D eigenvalue weighted by atomic mass is 10.2. The van der Waals surface area contributed by atoms with Gasteiger partial charge in [-0.1, -0.05) is 0 Å². The second kappa shape index (κ2) is 8.89. The van der Waals surface area contributed by atoms with E-state index in [4.69, 9.17) is 9.47 Å². The lowest BCUT2D eigenvalue weighted by Gasteiger charge is -2.29. The minimum Gasteiger partial charge on any atom is -0.494 e. The van der Waals surface area contributed by atoms with Gasteiger partial charge in [0.2, 0.25) is 15.9 Å². The van der Waals surface area contributed by atoms with Crippen LogP contribution in [0.1, 0.15) is 20.8 Å². The Morgan fingerprint density at radius 3 is 2.29 bits per heavy atom. The van der Waals surface area contributed by atoms with Crippen LogP contribution in [-0.4, -0.2) is 53.0 Å². The molecule has 0 bridgehead atoms. The van der Waals surface area contributed by atoms with E-state index in [2.05, 4.69) is 5.32 Å². The van der Waals surface area contributed by atoms with Crippen molar-refractivity contribution in [3.63, 3.8) is 0 Å². The number of amides is 1. The molecule has 1 aromatic carbocycles. The lowest BCUT2D eigenvalue weighted by molar-refractivity contribution is -0.122. The molecule has 0 aliphatic rings. The molecule has 0 aromatic heterocycles. The van der Waals surface area contributed by atoms with Gasteiger partial charge in [-0.25, -0.2) is 8.42 Å². The molecule has 1 amide bonds. The maximum atomic E-state index is 12.4. The zero-order valence-electron chi connectivity index (χ0n) is 14.8. The van der Waals surface area contributed by atoms with Crippen LogP contribution in [0.4, 0.5) is 5.69 Å². The van der Waals surface area contributed by atoms with E-state index < -0.39 is 16.1 Å². The van der Waals surface area contributed by atoms with Gasteiger partial charge in [0.15, 0.2) is 0 Å². The summed E-state index contributed by atoms with van der Waals surface area (Å²) in [5.41, 5.74) is 0.406. The van der Waals surface area contributed by atoms with Crippen molar-refractivity contribution in [1.29, 1.82) is 0 Å². The highest BCUT2D eigenvalue weighted by Crippen LogP contribution is 2.24. The second-order valence-corrected chi connectivity index (χ2v) is 7.39. The fourth-order valence-corrected chi connectivity index (χ4v) is 3.49. The van der Waals surface area contributed by atoms with Crippen LogP contribution in [0.25, 0.3) is 0 Å². The van der Waals surface area contributed by atoms with Crippen molar-refractivity contribution >= 4 is 21.6 Å². The maximum Gasteiger partial charge on any atom is 0.243 e. The van der Waals surface area contributed by atoms with Crippen molar-refractivity contribution in [3.8, 4) is 5.75 Å². The maximum absolute atomic E-state index is 12.4. The largest absolute Gasteiger partial charge is 0.494 e. The summed E-state index contributed by atoms with van der Waals surface area (Å²) in [5.74, 6) is 0.249. The summed E-state index contributed by atoms with van der Waals surface area (Å²) in [6, 6.07) is 5.48. The first-order valence-electron chi connectivity index (χ1n) is 7.72. The summed E-state index contributed by atoms with van der Waals surface area (Å²) in [5, 5.41) is 2.74. The van der Waals surface area contributed by atoms with Gasteiger partial charge in [0.05, 0.1) is 25.2 Å². The summed E-state index contributed by atoms with van der Waals surface area (Å²) < 4.78 is 35.8. The number of hydrogen-bond donors (Lipinski definition) is 1. The van der Waals surface area contributed by atoms with Crippen molar-refractivity contribution in [2.24, 2.45) is 0 Å². The number of ether oxygens (including phenoxy) is 2. The minimum atomic E-state index is -3.63. The summed E-state index contributed by atoms with van der Waals surface area (Å²) in [7, 11) is -2.10. The summed E-state index contributed by atoms with van der Waals surface area (Å²) in [4.78, 5) is 12.4. The monoisotopic (exact) mass is 358 g/mol. The molecule has 24 heavy (non-hydrogen) atoms. The van der Waals surface area contributed by atoms with Gasteiger partial charge in [0.1, 0.15) is 11.8 Å². The standard InChI is InChI=1S/C16H26N2O5S/c1-6-23-15-9-7-14(8-10-15)18(24(5,20)21)13(3)16(19)17-12(2)11-22-4/h7-10,12-13H,6,11H2,1-5H3,(H,17,19)/t12-,13+/m1/s1.